The van der Waals surface area contributed by atoms with E-state index in [1.165, 1.54) is 23.8 Å². The highest BCUT2D eigenvalue weighted by atomic mass is 16.5. The molecule has 0 amide bonds. The first-order valence-corrected chi connectivity index (χ1v) is 12.2. The fourth-order valence-electron chi connectivity index (χ4n) is 5.18. The number of carbonyl (C=O) groups is 1. The lowest BCUT2D eigenvalue weighted by molar-refractivity contribution is -0.145. The summed E-state index contributed by atoms with van der Waals surface area (Å²) in [7, 11) is 1.49. The van der Waals surface area contributed by atoms with Gasteiger partial charge in [0.05, 0.1) is 13.0 Å². The third-order valence-corrected chi connectivity index (χ3v) is 7.16. The van der Waals surface area contributed by atoms with Crippen LogP contribution in [-0.2, 0) is 14.9 Å². The van der Waals surface area contributed by atoms with Gasteiger partial charge in [-0.05, 0) is 47.8 Å². The maximum atomic E-state index is 12.6. The van der Waals surface area contributed by atoms with Gasteiger partial charge in [0.25, 0.3) is 0 Å². The molecule has 0 bridgehead atoms. The molecule has 33 heavy (non-hydrogen) atoms. The highest BCUT2D eigenvalue weighted by molar-refractivity contribution is 5.72. The van der Waals surface area contributed by atoms with Crippen molar-refractivity contribution in [2.24, 2.45) is 11.8 Å². The summed E-state index contributed by atoms with van der Waals surface area (Å²) in [6, 6.07) is 32.4. The molecule has 0 saturated carbocycles. The molecular weight excluding hydrogens is 404 g/mol. The van der Waals surface area contributed by atoms with Crippen LogP contribution in [-0.4, -0.2) is 13.1 Å². The van der Waals surface area contributed by atoms with Crippen molar-refractivity contribution in [3.8, 4) is 0 Å². The fraction of sp³-hybridized carbons (Fsp3) is 0.387. The first kappa shape index (κ1) is 24.8. The summed E-state index contributed by atoms with van der Waals surface area (Å²) < 4.78 is 5.16. The van der Waals surface area contributed by atoms with Crippen LogP contribution in [0, 0.1) is 11.8 Å². The lowest BCUT2D eigenvalue weighted by Crippen LogP contribution is -2.34. The molecule has 3 rings (SSSR count). The van der Waals surface area contributed by atoms with E-state index in [0.717, 1.165) is 19.3 Å². The summed E-state index contributed by atoms with van der Waals surface area (Å²) in [6.45, 7) is 6.62. The SMILES string of the molecule is CCC(C)CC(CC(CC(C)C(=O)OC)(c1ccccc1)c1ccccc1)c1ccccc1. The molecule has 0 aliphatic heterocycles. The molecule has 0 fully saturated rings. The van der Waals surface area contributed by atoms with E-state index in [4.69, 9.17) is 4.74 Å². The first-order valence-electron chi connectivity index (χ1n) is 12.2. The van der Waals surface area contributed by atoms with Gasteiger partial charge in [0.15, 0.2) is 0 Å². The molecule has 0 N–H and O–H groups in total. The number of ether oxygens (including phenoxy) is 1. The van der Waals surface area contributed by atoms with E-state index in [0.29, 0.717) is 18.3 Å². The summed E-state index contributed by atoms with van der Waals surface area (Å²) in [5, 5.41) is 0. The first-order chi connectivity index (χ1) is 16.0. The molecule has 3 unspecified atom stereocenters. The van der Waals surface area contributed by atoms with Gasteiger partial charge in [0, 0.05) is 5.41 Å². The van der Waals surface area contributed by atoms with Crippen LogP contribution in [0.4, 0.5) is 0 Å². The Morgan fingerprint density at radius 2 is 1.27 bits per heavy atom. The van der Waals surface area contributed by atoms with E-state index in [-0.39, 0.29) is 17.3 Å². The molecule has 0 radical (unpaired) electrons. The van der Waals surface area contributed by atoms with Crippen LogP contribution < -0.4 is 0 Å². The van der Waals surface area contributed by atoms with Gasteiger partial charge in [0.2, 0.25) is 0 Å². The third kappa shape index (κ3) is 6.13. The molecule has 3 aromatic rings. The van der Waals surface area contributed by atoms with Crippen molar-refractivity contribution in [1.82, 2.24) is 0 Å². The Bertz CT molecular complexity index is 926. The van der Waals surface area contributed by atoms with E-state index in [2.05, 4.69) is 105 Å². The number of hydrogen-bond acceptors (Lipinski definition) is 2. The number of esters is 1. The zero-order chi connectivity index (χ0) is 23.7. The highest BCUT2D eigenvalue weighted by Gasteiger charge is 2.40. The lowest BCUT2D eigenvalue weighted by atomic mass is 9.63. The number of carbonyl (C=O) groups excluding carboxylic acids is 1. The van der Waals surface area contributed by atoms with Crippen molar-refractivity contribution >= 4 is 5.97 Å². The molecule has 0 aliphatic carbocycles. The normalized spacial score (nSPS) is 14.3. The average molecular weight is 443 g/mol. The predicted molar refractivity (Wildman–Crippen MR) is 137 cm³/mol. The smallest absolute Gasteiger partial charge is 0.308 e. The second-order valence-corrected chi connectivity index (χ2v) is 9.50. The minimum Gasteiger partial charge on any atom is -0.469 e. The van der Waals surface area contributed by atoms with Gasteiger partial charge in [-0.25, -0.2) is 0 Å². The van der Waals surface area contributed by atoms with Crippen LogP contribution >= 0.6 is 0 Å². The van der Waals surface area contributed by atoms with Crippen LogP contribution in [0.3, 0.4) is 0 Å². The zero-order valence-corrected chi connectivity index (χ0v) is 20.5. The molecule has 3 atom stereocenters. The van der Waals surface area contributed by atoms with Crippen molar-refractivity contribution < 1.29 is 9.53 Å². The van der Waals surface area contributed by atoms with E-state index in [9.17, 15) is 4.79 Å². The van der Waals surface area contributed by atoms with Gasteiger partial charge in [-0.15, -0.1) is 0 Å². The van der Waals surface area contributed by atoms with Crippen molar-refractivity contribution in [2.75, 3.05) is 7.11 Å². The molecular formula is C31H38O2. The number of rotatable bonds is 11. The topological polar surface area (TPSA) is 26.3 Å². The van der Waals surface area contributed by atoms with Crippen LogP contribution in [0.25, 0.3) is 0 Å². The molecule has 0 aromatic heterocycles. The summed E-state index contributed by atoms with van der Waals surface area (Å²) in [6.07, 6.45) is 3.92. The monoisotopic (exact) mass is 442 g/mol. The molecule has 2 heteroatoms. The van der Waals surface area contributed by atoms with Crippen LogP contribution in [0.2, 0.25) is 0 Å². The van der Waals surface area contributed by atoms with Crippen LogP contribution in [0.5, 0.6) is 0 Å². The zero-order valence-electron chi connectivity index (χ0n) is 20.5. The summed E-state index contributed by atoms with van der Waals surface area (Å²) in [5.74, 6) is 0.642. The molecule has 2 nitrogen and oxygen atoms in total. The van der Waals surface area contributed by atoms with E-state index in [1.54, 1.807) is 0 Å². The Morgan fingerprint density at radius 1 is 0.788 bits per heavy atom. The third-order valence-electron chi connectivity index (χ3n) is 7.16. The lowest BCUT2D eigenvalue weighted by Gasteiger charge is -2.40. The molecule has 0 heterocycles. The van der Waals surface area contributed by atoms with Crippen molar-refractivity contribution in [3.63, 3.8) is 0 Å². The van der Waals surface area contributed by atoms with Crippen LogP contribution in [0.1, 0.15) is 69.1 Å². The highest BCUT2D eigenvalue weighted by Crippen LogP contribution is 2.47. The summed E-state index contributed by atoms with van der Waals surface area (Å²) in [5.41, 5.74) is 3.60. The Balaban J connectivity index is 2.17. The maximum absolute atomic E-state index is 12.6. The van der Waals surface area contributed by atoms with Gasteiger partial charge >= 0.3 is 5.97 Å². The quantitative estimate of drug-likeness (QED) is 0.283. The van der Waals surface area contributed by atoms with Gasteiger partial charge in [-0.3, -0.25) is 4.79 Å². The maximum Gasteiger partial charge on any atom is 0.308 e. The van der Waals surface area contributed by atoms with Gasteiger partial charge < -0.3 is 4.74 Å². The van der Waals surface area contributed by atoms with Crippen LogP contribution in [0.15, 0.2) is 91.0 Å². The van der Waals surface area contributed by atoms with Crippen molar-refractivity contribution in [3.05, 3.63) is 108 Å². The Kier molecular flexibility index (Phi) is 8.88. The predicted octanol–water partition coefficient (Wildman–Crippen LogP) is 7.78. The Morgan fingerprint density at radius 3 is 1.73 bits per heavy atom. The molecule has 0 saturated heterocycles. The standard InChI is InChI=1S/C31H38O2/c1-5-24(2)21-27(26-15-9-6-10-16-26)23-31(22-25(3)30(32)33-4,28-17-11-7-12-18-28)29-19-13-8-14-20-29/h6-20,24-25,27H,5,21-23H2,1-4H3. The summed E-state index contributed by atoms with van der Waals surface area (Å²) >= 11 is 0. The largest absolute Gasteiger partial charge is 0.469 e. The second kappa shape index (κ2) is 11.8. The summed E-state index contributed by atoms with van der Waals surface area (Å²) in [4.78, 5) is 12.6. The van der Waals surface area contributed by atoms with E-state index in [1.807, 2.05) is 6.92 Å². The molecule has 0 aliphatic rings. The number of methoxy groups -OCH3 is 1. The van der Waals surface area contributed by atoms with Gasteiger partial charge in [0.1, 0.15) is 0 Å². The fourth-order valence-corrected chi connectivity index (χ4v) is 5.18. The van der Waals surface area contributed by atoms with Crippen molar-refractivity contribution in [2.45, 2.75) is 57.8 Å². The number of hydrogen-bond donors (Lipinski definition) is 0. The molecule has 0 spiro atoms. The van der Waals surface area contributed by atoms with Gasteiger partial charge in [-0.1, -0.05) is 118 Å². The average Bonchev–Trinajstić information content (AvgIpc) is 2.88. The minimum absolute atomic E-state index is 0.149. The van der Waals surface area contributed by atoms with Gasteiger partial charge in [-0.2, -0.15) is 0 Å². The Hall–Kier alpha value is -2.87. The number of benzene rings is 3. The second-order valence-electron chi connectivity index (χ2n) is 9.50. The Labute approximate surface area is 200 Å². The van der Waals surface area contributed by atoms with Crippen molar-refractivity contribution in [1.29, 1.82) is 0 Å². The molecule has 3 aromatic carbocycles. The minimum atomic E-state index is -0.301. The molecule has 174 valence electrons. The van der Waals surface area contributed by atoms with E-state index >= 15 is 0 Å². The van der Waals surface area contributed by atoms with E-state index < -0.39 is 0 Å².